The van der Waals surface area contributed by atoms with Crippen molar-refractivity contribution in [1.29, 1.82) is 0 Å². The average molecular weight is 584 g/mol. The number of nitrogens with zero attached hydrogens (tertiary/aromatic N) is 4. The molecular formula is C20H15BiCuN4. The van der Waals surface area contributed by atoms with Crippen molar-refractivity contribution < 1.29 is 17.1 Å². The fourth-order valence-corrected chi connectivity index (χ4v) is 2.83. The summed E-state index contributed by atoms with van der Waals surface area (Å²) in [6.07, 6.45) is 23.8. The van der Waals surface area contributed by atoms with Crippen molar-refractivity contribution in [3.05, 3.63) is 95.7 Å². The van der Waals surface area contributed by atoms with E-state index in [-0.39, 0.29) is 43.3 Å². The molecule has 0 saturated heterocycles. The molecule has 0 spiro atoms. The van der Waals surface area contributed by atoms with E-state index in [4.69, 9.17) is 0 Å². The minimum absolute atomic E-state index is 0. The molecular weight excluding hydrogens is 569 g/mol. The summed E-state index contributed by atoms with van der Waals surface area (Å²) in [5, 5.41) is 0. The van der Waals surface area contributed by atoms with Crippen LogP contribution >= 0.6 is 0 Å². The van der Waals surface area contributed by atoms with Crippen molar-refractivity contribution >= 4 is 49.1 Å². The van der Waals surface area contributed by atoms with Crippen LogP contribution in [0.4, 0.5) is 0 Å². The minimum Gasteiger partial charge on any atom is 0 e. The molecule has 5 aliphatic heterocycles. The molecule has 0 aliphatic carbocycles. The first-order valence-electron chi connectivity index (χ1n) is 7.74. The second-order valence-electron chi connectivity index (χ2n) is 5.76. The number of aliphatic imine (C=N–C) groups is 4. The summed E-state index contributed by atoms with van der Waals surface area (Å²) < 4.78 is 0. The van der Waals surface area contributed by atoms with Crippen LogP contribution in [0.25, 0.3) is 0 Å². The molecule has 0 aromatic carbocycles. The van der Waals surface area contributed by atoms with Gasteiger partial charge in [-0.3, -0.25) is 0 Å². The third-order valence-electron chi connectivity index (χ3n) is 3.92. The van der Waals surface area contributed by atoms with Gasteiger partial charge in [-0.05, 0) is 72.9 Å². The summed E-state index contributed by atoms with van der Waals surface area (Å²) >= 11 is 0. The molecule has 0 aromatic heterocycles. The number of fused-ring (bicyclic) bond motifs is 4. The van der Waals surface area contributed by atoms with Crippen LogP contribution in [-0.2, 0) is 17.1 Å². The van der Waals surface area contributed by atoms with E-state index in [2.05, 4.69) is 20.0 Å². The van der Waals surface area contributed by atoms with Crippen molar-refractivity contribution in [2.24, 2.45) is 20.0 Å². The Kier molecular flexibility index (Phi) is 5.57. The second-order valence-corrected chi connectivity index (χ2v) is 5.76. The molecule has 0 aromatic rings. The first kappa shape index (κ1) is 18.8. The molecule has 5 aliphatic rings. The van der Waals surface area contributed by atoms with Crippen LogP contribution in [0.15, 0.2) is 116 Å². The van der Waals surface area contributed by atoms with Gasteiger partial charge in [0.05, 0.1) is 45.6 Å². The van der Waals surface area contributed by atoms with E-state index in [9.17, 15) is 0 Å². The number of hydrogen-bond acceptors (Lipinski definition) is 4. The van der Waals surface area contributed by atoms with E-state index < -0.39 is 0 Å². The Morgan fingerprint density at radius 2 is 0.615 bits per heavy atom. The smallest absolute Gasteiger partial charge is 0 e. The van der Waals surface area contributed by atoms with Crippen molar-refractivity contribution in [3.63, 3.8) is 0 Å². The minimum atomic E-state index is 0. The van der Waals surface area contributed by atoms with Gasteiger partial charge < -0.3 is 0 Å². The topological polar surface area (TPSA) is 49.4 Å². The van der Waals surface area contributed by atoms with Gasteiger partial charge in [-0.15, -0.1) is 0 Å². The molecule has 0 N–H and O–H groups in total. The van der Waals surface area contributed by atoms with Crippen LogP contribution in [0, 0.1) is 0 Å². The third kappa shape index (κ3) is 3.88. The van der Waals surface area contributed by atoms with Gasteiger partial charge in [-0.2, -0.15) is 0 Å². The summed E-state index contributed by atoms with van der Waals surface area (Å²) in [6.45, 7) is 0. The normalized spacial score (nSPS) is 20.9. The zero-order valence-corrected chi connectivity index (χ0v) is 20.2. The Hall–Kier alpha value is -2.00. The maximum atomic E-state index is 4.59. The van der Waals surface area contributed by atoms with E-state index in [1.54, 1.807) is 0 Å². The second kappa shape index (κ2) is 7.71. The van der Waals surface area contributed by atoms with Crippen LogP contribution in [0.2, 0.25) is 0 Å². The van der Waals surface area contributed by atoms with Crippen molar-refractivity contribution in [2.75, 3.05) is 0 Å². The van der Waals surface area contributed by atoms with E-state index in [1.165, 1.54) is 0 Å². The fraction of sp³-hybridized carbons (Fsp3) is 0. The summed E-state index contributed by atoms with van der Waals surface area (Å²) in [5.74, 6) is 0. The standard InChI is InChI=1S/C20H12N4.Bi.Cu.3H/c1-2-14-10-16-5-6-18(23-16)12-20-8-7-19(24-20)11-17-4-3-15(22-17)9-13(1)21-14;;;;;/h1-12H;;;;;. The Balaban J connectivity index is 0.000000980. The van der Waals surface area contributed by atoms with Crippen LogP contribution in [0.3, 0.4) is 0 Å². The van der Waals surface area contributed by atoms with Gasteiger partial charge in [0.2, 0.25) is 0 Å². The van der Waals surface area contributed by atoms with Gasteiger partial charge >= 0.3 is 26.2 Å². The zero-order valence-electron chi connectivity index (χ0n) is 13.7. The van der Waals surface area contributed by atoms with Crippen molar-refractivity contribution in [3.8, 4) is 0 Å². The molecule has 26 heavy (non-hydrogen) atoms. The van der Waals surface area contributed by atoms with Crippen LogP contribution in [-0.4, -0.2) is 49.1 Å². The van der Waals surface area contributed by atoms with E-state index in [0.29, 0.717) is 0 Å². The molecule has 6 heteroatoms. The molecule has 5 heterocycles. The zero-order chi connectivity index (χ0) is 15.9. The van der Waals surface area contributed by atoms with Crippen molar-refractivity contribution in [2.45, 2.75) is 0 Å². The SMILES string of the molecule is C1=CC2=NC1=CC1=NC(=CC3=NC(=CC4=NC(=C2)C=C4)C=C3)C=C1.[BiH3].[Cu]. The summed E-state index contributed by atoms with van der Waals surface area (Å²) in [7, 11) is 0. The van der Waals surface area contributed by atoms with Gasteiger partial charge in [0.15, 0.2) is 0 Å². The van der Waals surface area contributed by atoms with E-state index in [0.717, 1.165) is 45.6 Å². The third-order valence-corrected chi connectivity index (χ3v) is 3.92. The summed E-state index contributed by atoms with van der Waals surface area (Å²) in [4.78, 5) is 18.4. The molecule has 0 saturated carbocycles. The predicted molar refractivity (Wildman–Crippen MR) is 109 cm³/mol. The first-order chi connectivity index (χ1) is 11.8. The summed E-state index contributed by atoms with van der Waals surface area (Å²) in [5.41, 5.74) is 7.15. The Morgan fingerprint density at radius 3 is 0.846 bits per heavy atom. The fourth-order valence-electron chi connectivity index (χ4n) is 2.83. The molecule has 5 rings (SSSR count). The molecule has 0 atom stereocenters. The maximum absolute atomic E-state index is 4.59. The van der Waals surface area contributed by atoms with Gasteiger partial charge in [0.1, 0.15) is 0 Å². The number of rotatable bonds is 0. The van der Waals surface area contributed by atoms with Gasteiger partial charge in [0.25, 0.3) is 0 Å². The molecule has 4 nitrogen and oxygen atoms in total. The first-order valence-corrected chi connectivity index (χ1v) is 7.74. The summed E-state index contributed by atoms with van der Waals surface area (Å²) in [6, 6.07) is 0. The quantitative estimate of drug-likeness (QED) is 0.394. The predicted octanol–water partition coefficient (Wildman–Crippen LogP) is 2.39. The molecule has 1 radical (unpaired) electrons. The molecule has 131 valence electrons. The van der Waals surface area contributed by atoms with Crippen LogP contribution < -0.4 is 0 Å². The monoisotopic (exact) mass is 583 g/mol. The molecule has 0 fully saturated rings. The maximum Gasteiger partial charge on any atom is 0 e. The molecule has 0 unspecified atom stereocenters. The molecule has 8 bridgehead atoms. The average Bonchev–Trinajstić information content (AvgIpc) is 3.32. The van der Waals surface area contributed by atoms with E-state index >= 15 is 0 Å². The number of allylic oxidation sites excluding steroid dienone is 12. The Morgan fingerprint density at radius 1 is 0.385 bits per heavy atom. The Labute approximate surface area is 181 Å². The van der Waals surface area contributed by atoms with Gasteiger partial charge in [0, 0.05) is 17.1 Å². The van der Waals surface area contributed by atoms with Gasteiger partial charge in [-0.25, -0.2) is 20.0 Å². The van der Waals surface area contributed by atoms with Crippen LogP contribution in [0.1, 0.15) is 0 Å². The van der Waals surface area contributed by atoms with Crippen LogP contribution in [0.5, 0.6) is 0 Å². The largest absolute Gasteiger partial charge is 0 e. The van der Waals surface area contributed by atoms with E-state index in [1.807, 2.05) is 72.9 Å². The molecule has 0 amide bonds. The van der Waals surface area contributed by atoms with Crippen molar-refractivity contribution in [1.82, 2.24) is 0 Å². The Bertz CT molecular complexity index is 854. The number of hydrogen-bond donors (Lipinski definition) is 0. The van der Waals surface area contributed by atoms with Gasteiger partial charge in [-0.1, -0.05) is 0 Å².